The van der Waals surface area contributed by atoms with Gasteiger partial charge in [0.1, 0.15) is 12.1 Å². The number of aryl methyl sites for hydroxylation is 1. The highest BCUT2D eigenvalue weighted by molar-refractivity contribution is 7.80. The Kier molecular flexibility index (Phi) is 6.84. The van der Waals surface area contributed by atoms with Crippen molar-refractivity contribution in [1.82, 2.24) is 15.3 Å². The predicted octanol–water partition coefficient (Wildman–Crippen LogP) is 4.87. The van der Waals surface area contributed by atoms with Crippen LogP contribution < -0.4 is 24.8 Å². The summed E-state index contributed by atoms with van der Waals surface area (Å²) in [5.74, 6) is 1.80. The first-order valence-electron chi connectivity index (χ1n) is 10.3. The van der Waals surface area contributed by atoms with Gasteiger partial charge >= 0.3 is 0 Å². The molecule has 1 aromatic heterocycles. The van der Waals surface area contributed by atoms with Crippen LogP contribution in [0.4, 0.5) is 5.69 Å². The van der Waals surface area contributed by atoms with Gasteiger partial charge < -0.3 is 19.5 Å². The SMILES string of the molecule is COc1cc2ncnc(Oc3ccc(NC(=S)NC(=O)c4ccccc4C)cc3)c2cc1OC. The van der Waals surface area contributed by atoms with Crippen LogP contribution >= 0.6 is 12.2 Å². The van der Waals surface area contributed by atoms with E-state index in [-0.39, 0.29) is 11.0 Å². The number of carbonyl (C=O) groups excluding carboxylic acids is 1. The van der Waals surface area contributed by atoms with Gasteiger partial charge in [-0.15, -0.1) is 0 Å². The summed E-state index contributed by atoms with van der Waals surface area (Å²) in [6, 6.07) is 18.0. The minimum atomic E-state index is -0.266. The zero-order chi connectivity index (χ0) is 24.1. The van der Waals surface area contributed by atoms with Crippen LogP contribution in [0.5, 0.6) is 23.1 Å². The Balaban J connectivity index is 1.45. The van der Waals surface area contributed by atoms with Crippen molar-refractivity contribution in [2.75, 3.05) is 19.5 Å². The Morgan fingerprint density at radius 1 is 0.941 bits per heavy atom. The second kappa shape index (κ2) is 10.1. The minimum Gasteiger partial charge on any atom is -0.493 e. The molecule has 4 aromatic rings. The highest BCUT2D eigenvalue weighted by Crippen LogP contribution is 2.35. The van der Waals surface area contributed by atoms with E-state index in [1.54, 1.807) is 56.7 Å². The average molecular weight is 475 g/mol. The number of anilines is 1. The molecule has 34 heavy (non-hydrogen) atoms. The van der Waals surface area contributed by atoms with Crippen LogP contribution in [-0.4, -0.2) is 35.2 Å². The first-order chi connectivity index (χ1) is 16.5. The molecule has 3 aromatic carbocycles. The molecule has 9 heteroatoms. The largest absolute Gasteiger partial charge is 0.493 e. The summed E-state index contributed by atoms with van der Waals surface area (Å²) >= 11 is 5.28. The Labute approximate surface area is 201 Å². The van der Waals surface area contributed by atoms with Gasteiger partial charge in [0.2, 0.25) is 5.88 Å². The van der Waals surface area contributed by atoms with E-state index in [1.807, 2.05) is 25.1 Å². The number of aromatic nitrogens is 2. The number of ether oxygens (including phenoxy) is 3. The highest BCUT2D eigenvalue weighted by Gasteiger charge is 2.13. The number of amides is 1. The molecule has 0 spiro atoms. The molecule has 0 fully saturated rings. The van der Waals surface area contributed by atoms with Crippen molar-refractivity contribution >= 4 is 39.8 Å². The van der Waals surface area contributed by atoms with Crippen molar-refractivity contribution in [3.63, 3.8) is 0 Å². The molecule has 0 unspecified atom stereocenters. The summed E-state index contributed by atoms with van der Waals surface area (Å²) in [5.41, 5.74) is 2.80. The quantitative estimate of drug-likeness (QED) is 0.382. The van der Waals surface area contributed by atoms with E-state index < -0.39 is 0 Å². The van der Waals surface area contributed by atoms with Gasteiger partial charge in [-0.1, -0.05) is 18.2 Å². The molecule has 4 rings (SSSR count). The number of hydrogen-bond donors (Lipinski definition) is 2. The zero-order valence-corrected chi connectivity index (χ0v) is 19.6. The van der Waals surface area contributed by atoms with Gasteiger partial charge in [0.15, 0.2) is 16.6 Å². The van der Waals surface area contributed by atoms with Crippen LogP contribution in [0, 0.1) is 6.92 Å². The number of rotatable bonds is 6. The van der Waals surface area contributed by atoms with E-state index in [0.717, 1.165) is 5.56 Å². The molecule has 0 saturated carbocycles. The maximum absolute atomic E-state index is 12.4. The first kappa shape index (κ1) is 22.9. The van der Waals surface area contributed by atoms with E-state index in [1.165, 1.54) is 6.33 Å². The van der Waals surface area contributed by atoms with E-state index in [4.69, 9.17) is 26.4 Å². The number of carbonyl (C=O) groups is 1. The third-order valence-electron chi connectivity index (χ3n) is 5.05. The van der Waals surface area contributed by atoms with Gasteiger partial charge in [-0.25, -0.2) is 9.97 Å². The lowest BCUT2D eigenvalue weighted by Gasteiger charge is -2.13. The van der Waals surface area contributed by atoms with Gasteiger partial charge in [0.25, 0.3) is 5.91 Å². The second-order valence-corrected chi connectivity index (χ2v) is 7.66. The molecular formula is C25H22N4O4S. The third kappa shape index (κ3) is 5.05. The van der Waals surface area contributed by atoms with Crippen molar-refractivity contribution in [3.05, 3.63) is 78.1 Å². The molecule has 2 N–H and O–H groups in total. The van der Waals surface area contributed by atoms with E-state index >= 15 is 0 Å². The Hall–Kier alpha value is -4.24. The predicted molar refractivity (Wildman–Crippen MR) is 134 cm³/mol. The number of fused-ring (bicyclic) bond motifs is 1. The molecule has 1 heterocycles. The van der Waals surface area contributed by atoms with Crippen molar-refractivity contribution in [2.45, 2.75) is 6.92 Å². The second-order valence-electron chi connectivity index (χ2n) is 7.25. The maximum atomic E-state index is 12.4. The summed E-state index contributed by atoms with van der Waals surface area (Å²) in [6.07, 6.45) is 1.43. The molecule has 0 saturated heterocycles. The molecule has 0 bridgehead atoms. The topological polar surface area (TPSA) is 94.6 Å². The highest BCUT2D eigenvalue weighted by atomic mass is 32.1. The lowest BCUT2D eigenvalue weighted by Crippen LogP contribution is -2.34. The minimum absolute atomic E-state index is 0.199. The molecule has 0 aliphatic rings. The molecule has 0 atom stereocenters. The third-order valence-corrected chi connectivity index (χ3v) is 5.25. The molecule has 0 aliphatic heterocycles. The van der Waals surface area contributed by atoms with Gasteiger partial charge in [0.05, 0.1) is 25.1 Å². The molecule has 0 aliphatic carbocycles. The average Bonchev–Trinajstić information content (AvgIpc) is 2.84. The Morgan fingerprint density at radius 3 is 2.35 bits per heavy atom. The van der Waals surface area contributed by atoms with E-state index in [9.17, 15) is 4.79 Å². The monoisotopic (exact) mass is 474 g/mol. The first-order valence-corrected chi connectivity index (χ1v) is 10.7. The summed E-state index contributed by atoms with van der Waals surface area (Å²) in [7, 11) is 3.13. The normalized spacial score (nSPS) is 10.4. The van der Waals surface area contributed by atoms with Gasteiger partial charge in [-0.05, 0) is 61.1 Å². The fraction of sp³-hybridized carbons (Fsp3) is 0.120. The smallest absolute Gasteiger partial charge is 0.257 e. The van der Waals surface area contributed by atoms with Crippen LogP contribution in [-0.2, 0) is 0 Å². The van der Waals surface area contributed by atoms with Crippen molar-refractivity contribution in [2.24, 2.45) is 0 Å². The van der Waals surface area contributed by atoms with E-state index in [2.05, 4.69) is 20.6 Å². The molecule has 0 radical (unpaired) electrons. The number of thiocarbonyl (C=S) groups is 1. The van der Waals surface area contributed by atoms with Gasteiger partial charge in [-0.3, -0.25) is 10.1 Å². The molecule has 8 nitrogen and oxygen atoms in total. The standard InChI is InChI=1S/C25H22N4O4S/c1-15-6-4-5-7-18(15)23(30)29-25(34)28-16-8-10-17(11-9-16)33-24-19-12-21(31-2)22(32-3)13-20(19)26-14-27-24/h4-14H,1-3H3,(H2,28,29,30,34). The van der Waals surface area contributed by atoms with Gasteiger partial charge in [0, 0.05) is 17.3 Å². The number of nitrogens with zero attached hydrogens (tertiary/aromatic N) is 2. The number of hydrogen-bond acceptors (Lipinski definition) is 7. The Morgan fingerprint density at radius 2 is 1.65 bits per heavy atom. The van der Waals surface area contributed by atoms with Crippen molar-refractivity contribution in [3.8, 4) is 23.1 Å². The molecule has 172 valence electrons. The summed E-state index contributed by atoms with van der Waals surface area (Å²) < 4.78 is 16.7. The fourth-order valence-corrected chi connectivity index (χ4v) is 3.53. The van der Waals surface area contributed by atoms with Crippen LogP contribution in [0.2, 0.25) is 0 Å². The zero-order valence-electron chi connectivity index (χ0n) is 18.8. The van der Waals surface area contributed by atoms with E-state index in [0.29, 0.717) is 45.3 Å². The Bertz CT molecular complexity index is 1360. The molecular weight excluding hydrogens is 452 g/mol. The number of methoxy groups -OCH3 is 2. The number of benzene rings is 3. The summed E-state index contributed by atoms with van der Waals surface area (Å²) in [4.78, 5) is 21.0. The van der Waals surface area contributed by atoms with Crippen LogP contribution in [0.25, 0.3) is 10.9 Å². The maximum Gasteiger partial charge on any atom is 0.257 e. The van der Waals surface area contributed by atoms with Crippen molar-refractivity contribution < 1.29 is 19.0 Å². The van der Waals surface area contributed by atoms with Crippen molar-refractivity contribution in [1.29, 1.82) is 0 Å². The summed E-state index contributed by atoms with van der Waals surface area (Å²) in [6.45, 7) is 1.87. The lowest BCUT2D eigenvalue weighted by molar-refractivity contribution is 0.0977. The van der Waals surface area contributed by atoms with Gasteiger partial charge in [-0.2, -0.15) is 0 Å². The summed E-state index contributed by atoms with van der Waals surface area (Å²) in [5, 5.41) is 6.57. The molecule has 1 amide bonds. The lowest BCUT2D eigenvalue weighted by atomic mass is 10.1. The number of nitrogens with one attached hydrogen (secondary N) is 2. The van der Waals surface area contributed by atoms with Crippen LogP contribution in [0.15, 0.2) is 67.0 Å². The van der Waals surface area contributed by atoms with Crippen LogP contribution in [0.3, 0.4) is 0 Å². The van der Waals surface area contributed by atoms with Crippen LogP contribution in [0.1, 0.15) is 15.9 Å². The fourth-order valence-electron chi connectivity index (χ4n) is 3.32.